The maximum atomic E-state index is 12.9. The number of allylic oxidation sites excluding steroid dienone is 14. The van der Waals surface area contributed by atoms with Crippen molar-refractivity contribution in [2.45, 2.75) is 277 Å². The number of carbonyl (C=O) groups is 3. The summed E-state index contributed by atoms with van der Waals surface area (Å²) < 4.78 is 39.6. The van der Waals surface area contributed by atoms with Gasteiger partial charge >= 0.3 is 25.7 Å². The number of rotatable bonds is 56. The number of ether oxygens (including phenoxy) is 3. The van der Waals surface area contributed by atoms with Gasteiger partial charge in [0.05, 0.1) is 19.8 Å². The van der Waals surface area contributed by atoms with Crippen LogP contribution in [-0.4, -0.2) is 66.5 Å². The number of phosphoric ester groups is 1. The first-order chi connectivity index (χ1) is 37.2. The van der Waals surface area contributed by atoms with E-state index < -0.39 is 57.8 Å². The Bertz CT molecular complexity index is 1600. The minimum atomic E-state index is -4.76. The molecule has 0 aliphatic heterocycles. The first-order valence-corrected chi connectivity index (χ1v) is 32.0. The molecular formula is C64H111O11P. The Morgan fingerprint density at radius 1 is 0.382 bits per heavy atom. The summed E-state index contributed by atoms with van der Waals surface area (Å²) in [6.45, 7) is 4.48. The third-order valence-electron chi connectivity index (χ3n) is 12.8. The van der Waals surface area contributed by atoms with Gasteiger partial charge in [0.1, 0.15) is 12.7 Å². The fraction of sp³-hybridized carbons (Fsp3) is 0.734. The van der Waals surface area contributed by atoms with Crippen molar-refractivity contribution in [2.24, 2.45) is 0 Å². The Morgan fingerprint density at radius 2 is 0.684 bits per heavy atom. The van der Waals surface area contributed by atoms with Crippen LogP contribution in [0, 0.1) is 0 Å². The lowest BCUT2D eigenvalue weighted by Crippen LogP contribution is -2.30. The first kappa shape index (κ1) is 72.7. The smallest absolute Gasteiger partial charge is 0.462 e. The molecule has 0 radical (unpaired) electrons. The molecule has 0 rings (SSSR count). The highest BCUT2D eigenvalue weighted by Gasteiger charge is 2.28. The topological polar surface area (TPSA) is 155 Å². The largest absolute Gasteiger partial charge is 0.472 e. The number of unbranched alkanes of at least 4 members (excludes halogenated alkanes) is 25. The van der Waals surface area contributed by atoms with E-state index in [-0.39, 0.29) is 25.9 Å². The second-order valence-corrected chi connectivity index (χ2v) is 21.6. The zero-order valence-corrected chi connectivity index (χ0v) is 49.3. The van der Waals surface area contributed by atoms with E-state index in [2.05, 4.69) is 106 Å². The van der Waals surface area contributed by atoms with Crippen molar-refractivity contribution in [3.05, 3.63) is 85.1 Å². The zero-order valence-electron chi connectivity index (χ0n) is 48.5. The molecule has 0 aromatic heterocycles. The fourth-order valence-corrected chi connectivity index (χ4v) is 8.96. The van der Waals surface area contributed by atoms with E-state index >= 15 is 0 Å². The highest BCUT2D eigenvalue weighted by molar-refractivity contribution is 7.47. The van der Waals surface area contributed by atoms with Gasteiger partial charge in [-0.1, -0.05) is 234 Å². The lowest BCUT2D eigenvalue weighted by Gasteiger charge is -2.21. The van der Waals surface area contributed by atoms with Crippen LogP contribution in [0.5, 0.6) is 0 Å². The van der Waals surface area contributed by atoms with Gasteiger partial charge in [-0.05, 0) is 96.3 Å². The van der Waals surface area contributed by atoms with Crippen molar-refractivity contribution >= 4 is 25.7 Å². The Labute approximate surface area is 464 Å². The zero-order chi connectivity index (χ0) is 55.5. The number of hydrogen-bond acceptors (Lipinski definition) is 10. The van der Waals surface area contributed by atoms with Crippen LogP contribution in [0.1, 0.15) is 265 Å². The van der Waals surface area contributed by atoms with Crippen LogP contribution in [0.3, 0.4) is 0 Å². The SMILES string of the molecule is CC/C=C\C/C=C\C/C=C\C/C=C\C/C=C\CCCCCC(=O)OC(COC(=O)CCCCCCCCCCCCCCC)COP(=O)(O)OCC(CO)OC(=O)CCCCCCCCC/C=C\C/C=C\CCCCC. The molecule has 0 amide bonds. The molecule has 3 atom stereocenters. The van der Waals surface area contributed by atoms with Crippen LogP contribution < -0.4 is 0 Å². The van der Waals surface area contributed by atoms with Gasteiger partial charge < -0.3 is 24.2 Å². The van der Waals surface area contributed by atoms with Gasteiger partial charge in [0.15, 0.2) is 6.10 Å². The highest BCUT2D eigenvalue weighted by Crippen LogP contribution is 2.43. The van der Waals surface area contributed by atoms with Crippen LogP contribution in [0.25, 0.3) is 0 Å². The summed E-state index contributed by atoms with van der Waals surface area (Å²) in [6, 6.07) is 0. The average Bonchev–Trinajstić information content (AvgIpc) is 3.41. The second-order valence-electron chi connectivity index (χ2n) is 20.1. The van der Waals surface area contributed by atoms with E-state index in [1.807, 2.05) is 0 Å². The molecule has 0 aromatic carbocycles. The highest BCUT2D eigenvalue weighted by atomic mass is 31.2. The molecule has 11 nitrogen and oxygen atoms in total. The van der Waals surface area contributed by atoms with Gasteiger partial charge in [0.2, 0.25) is 0 Å². The Kier molecular flexibility index (Phi) is 55.3. The van der Waals surface area contributed by atoms with Crippen LogP contribution in [-0.2, 0) is 42.2 Å². The summed E-state index contributed by atoms with van der Waals surface area (Å²) in [5.41, 5.74) is 0. The Balaban J connectivity index is 4.75. The quantitative estimate of drug-likeness (QED) is 0.0197. The molecule has 2 N–H and O–H groups in total. The van der Waals surface area contributed by atoms with Gasteiger partial charge in [-0.3, -0.25) is 23.4 Å². The summed E-state index contributed by atoms with van der Waals surface area (Å²) in [5.74, 6) is -1.51. The predicted octanol–water partition coefficient (Wildman–Crippen LogP) is 18.3. The molecule has 12 heteroatoms. The maximum absolute atomic E-state index is 12.9. The molecule has 0 aromatic rings. The third kappa shape index (κ3) is 55.4. The van der Waals surface area contributed by atoms with Gasteiger partial charge in [-0.2, -0.15) is 0 Å². The van der Waals surface area contributed by atoms with Gasteiger partial charge in [0, 0.05) is 19.3 Å². The molecular weight excluding hydrogens is 976 g/mol. The first-order valence-electron chi connectivity index (χ1n) is 30.5. The Hall–Kier alpha value is -3.34. The molecule has 0 aliphatic rings. The molecule has 0 bridgehead atoms. The van der Waals surface area contributed by atoms with Crippen molar-refractivity contribution in [3.63, 3.8) is 0 Å². The molecule has 0 aliphatic carbocycles. The molecule has 0 heterocycles. The minimum Gasteiger partial charge on any atom is -0.462 e. The van der Waals surface area contributed by atoms with E-state index in [4.69, 9.17) is 23.3 Å². The van der Waals surface area contributed by atoms with Gasteiger partial charge in [-0.25, -0.2) is 4.57 Å². The van der Waals surface area contributed by atoms with Crippen molar-refractivity contribution in [1.29, 1.82) is 0 Å². The molecule has 0 saturated carbocycles. The van der Waals surface area contributed by atoms with E-state index in [0.717, 1.165) is 109 Å². The van der Waals surface area contributed by atoms with E-state index in [1.165, 1.54) is 96.3 Å². The number of carbonyl (C=O) groups excluding carboxylic acids is 3. The standard InChI is InChI=1S/C64H111O11P/c1-4-7-10-13-16-19-22-25-27-29-30-32-34-37-40-43-46-49-52-55-64(68)75-61(57-71-62(66)53-50-47-44-41-38-35-24-21-18-15-12-9-6-3)59-73-76(69,70)72-58-60(56-65)74-63(67)54-51-48-45-42-39-36-33-31-28-26-23-20-17-14-11-8-5-2/h7,10,16-17,19-20,25-28,30,32,37,40,60-61,65H,4-6,8-9,11-15,18,21-24,29,31,33-36,38-39,41-59H2,1-3H3,(H,69,70)/b10-7-,19-16-,20-17-,27-25-,28-26-,32-30-,40-37-. The maximum Gasteiger partial charge on any atom is 0.472 e. The summed E-state index contributed by atoms with van der Waals surface area (Å²) in [7, 11) is -4.76. The predicted molar refractivity (Wildman–Crippen MR) is 316 cm³/mol. The minimum absolute atomic E-state index is 0.127. The molecule has 0 saturated heterocycles. The van der Waals surface area contributed by atoms with Crippen molar-refractivity contribution in [1.82, 2.24) is 0 Å². The van der Waals surface area contributed by atoms with Crippen LogP contribution in [0.4, 0.5) is 0 Å². The van der Waals surface area contributed by atoms with Crippen molar-refractivity contribution in [3.8, 4) is 0 Å². The third-order valence-corrected chi connectivity index (χ3v) is 13.8. The van der Waals surface area contributed by atoms with Crippen LogP contribution in [0.15, 0.2) is 85.1 Å². The summed E-state index contributed by atoms with van der Waals surface area (Å²) in [6.07, 6.45) is 66.7. The molecule has 3 unspecified atom stereocenters. The van der Waals surface area contributed by atoms with Crippen LogP contribution >= 0.6 is 7.82 Å². The van der Waals surface area contributed by atoms with E-state index in [1.54, 1.807) is 0 Å². The van der Waals surface area contributed by atoms with Crippen LogP contribution in [0.2, 0.25) is 0 Å². The number of hydrogen-bond donors (Lipinski definition) is 2. The molecule has 0 fully saturated rings. The van der Waals surface area contributed by atoms with Crippen molar-refractivity contribution < 1.29 is 52.2 Å². The number of aliphatic hydroxyl groups excluding tert-OH is 1. The van der Waals surface area contributed by atoms with E-state index in [0.29, 0.717) is 19.3 Å². The second kappa shape index (κ2) is 57.8. The summed E-state index contributed by atoms with van der Waals surface area (Å²) in [5, 5.41) is 9.84. The van der Waals surface area contributed by atoms with Gasteiger partial charge in [0.25, 0.3) is 0 Å². The van der Waals surface area contributed by atoms with Gasteiger partial charge in [-0.15, -0.1) is 0 Å². The lowest BCUT2D eigenvalue weighted by atomic mass is 10.0. The monoisotopic (exact) mass is 1090 g/mol. The fourth-order valence-electron chi connectivity index (χ4n) is 8.18. The molecule has 0 spiro atoms. The average molecular weight is 1090 g/mol. The summed E-state index contributed by atoms with van der Waals surface area (Å²) >= 11 is 0. The normalized spacial score (nSPS) is 13.9. The Morgan fingerprint density at radius 3 is 1.09 bits per heavy atom. The van der Waals surface area contributed by atoms with E-state index in [9.17, 15) is 28.9 Å². The lowest BCUT2D eigenvalue weighted by molar-refractivity contribution is -0.161. The molecule has 438 valence electrons. The molecule has 76 heavy (non-hydrogen) atoms. The summed E-state index contributed by atoms with van der Waals surface area (Å²) in [4.78, 5) is 48.6. The van der Waals surface area contributed by atoms with Crippen molar-refractivity contribution in [2.75, 3.05) is 26.4 Å². The number of esters is 3. The number of phosphoric acid groups is 1. The number of aliphatic hydroxyl groups is 1.